The zero-order valence-corrected chi connectivity index (χ0v) is 10.3. The first-order valence-corrected chi connectivity index (χ1v) is 6.50. The number of rotatable bonds is 5. The summed E-state index contributed by atoms with van der Waals surface area (Å²) < 4.78 is 5.73. The monoisotopic (exact) mass is 232 g/mol. The lowest BCUT2D eigenvalue weighted by Crippen LogP contribution is -2.00. The minimum atomic E-state index is 0.758. The highest BCUT2D eigenvalue weighted by Gasteiger charge is 1.97. The van der Waals surface area contributed by atoms with E-state index in [4.69, 9.17) is 4.74 Å². The third-order valence-electron chi connectivity index (χ3n) is 2.50. The van der Waals surface area contributed by atoms with E-state index in [0.717, 1.165) is 25.2 Å². The van der Waals surface area contributed by atoms with Crippen LogP contribution in [-0.4, -0.2) is 6.61 Å². The van der Waals surface area contributed by atoms with Crippen LogP contribution in [0.5, 0.6) is 5.75 Å². The van der Waals surface area contributed by atoms with Crippen LogP contribution in [0.2, 0.25) is 0 Å². The molecule has 0 fully saturated rings. The smallest absolute Gasteiger partial charge is 0.119 e. The van der Waals surface area contributed by atoms with Gasteiger partial charge in [-0.05, 0) is 35.6 Å². The maximum absolute atomic E-state index is 5.73. The van der Waals surface area contributed by atoms with Gasteiger partial charge in [-0.15, -0.1) is 11.3 Å². The molecule has 0 aliphatic rings. The molecular weight excluding hydrogens is 216 g/mol. The molecule has 0 amide bonds. The molecule has 0 atom stereocenters. The van der Waals surface area contributed by atoms with E-state index in [1.165, 1.54) is 10.4 Å². The van der Waals surface area contributed by atoms with Gasteiger partial charge in [0.1, 0.15) is 5.75 Å². The van der Waals surface area contributed by atoms with E-state index in [2.05, 4.69) is 42.6 Å². The average molecular weight is 232 g/mol. The summed E-state index contributed by atoms with van der Waals surface area (Å²) in [6, 6.07) is 12.6. The predicted octanol–water partition coefficient (Wildman–Crippen LogP) is 3.93. The highest BCUT2D eigenvalue weighted by molar-refractivity contribution is 7.09. The first-order chi connectivity index (χ1) is 7.88. The fraction of sp³-hybridized carbons (Fsp3) is 0.286. The Hall–Kier alpha value is -1.28. The van der Waals surface area contributed by atoms with Gasteiger partial charge in [-0.1, -0.05) is 25.1 Å². The molecule has 0 aliphatic carbocycles. The zero-order chi connectivity index (χ0) is 11.2. The van der Waals surface area contributed by atoms with Gasteiger partial charge in [0.25, 0.3) is 0 Å². The Bertz CT molecular complexity index is 420. The van der Waals surface area contributed by atoms with E-state index in [-0.39, 0.29) is 0 Å². The van der Waals surface area contributed by atoms with Crippen LogP contribution >= 0.6 is 11.3 Å². The zero-order valence-electron chi connectivity index (χ0n) is 9.48. The Morgan fingerprint density at radius 1 is 1.19 bits per heavy atom. The highest BCUT2D eigenvalue weighted by atomic mass is 32.1. The van der Waals surface area contributed by atoms with Crippen LogP contribution in [0.4, 0.5) is 0 Å². The van der Waals surface area contributed by atoms with E-state index in [0.29, 0.717) is 0 Å². The summed E-state index contributed by atoms with van der Waals surface area (Å²) in [6.45, 7) is 2.92. The molecule has 0 unspecified atom stereocenters. The van der Waals surface area contributed by atoms with Crippen LogP contribution in [0, 0.1) is 0 Å². The lowest BCUT2D eigenvalue weighted by Gasteiger charge is -2.06. The average Bonchev–Trinajstić information content (AvgIpc) is 2.82. The maximum Gasteiger partial charge on any atom is 0.119 e. The van der Waals surface area contributed by atoms with Gasteiger partial charge in [0.15, 0.2) is 0 Å². The van der Waals surface area contributed by atoms with E-state index in [1.807, 2.05) is 6.07 Å². The van der Waals surface area contributed by atoms with E-state index in [1.54, 1.807) is 11.3 Å². The van der Waals surface area contributed by atoms with Gasteiger partial charge < -0.3 is 4.74 Å². The molecule has 16 heavy (non-hydrogen) atoms. The summed E-state index contributed by atoms with van der Waals surface area (Å²) >= 11 is 1.79. The third kappa shape index (κ3) is 3.11. The Labute approximate surface area is 101 Å². The molecule has 1 heterocycles. The summed E-state index contributed by atoms with van der Waals surface area (Å²) in [5.41, 5.74) is 1.33. The first-order valence-electron chi connectivity index (χ1n) is 5.62. The Balaban J connectivity index is 1.85. The summed E-state index contributed by atoms with van der Waals surface area (Å²) in [4.78, 5) is 1.38. The molecule has 2 rings (SSSR count). The fourth-order valence-electron chi connectivity index (χ4n) is 1.58. The highest BCUT2D eigenvalue weighted by Crippen LogP contribution is 2.15. The molecule has 0 spiro atoms. The van der Waals surface area contributed by atoms with E-state index < -0.39 is 0 Å². The van der Waals surface area contributed by atoms with E-state index >= 15 is 0 Å². The van der Waals surface area contributed by atoms with Crippen molar-refractivity contribution in [2.24, 2.45) is 0 Å². The maximum atomic E-state index is 5.73. The summed E-state index contributed by atoms with van der Waals surface area (Å²) in [5, 5.41) is 2.10. The van der Waals surface area contributed by atoms with Gasteiger partial charge in [-0.2, -0.15) is 0 Å². The van der Waals surface area contributed by atoms with Gasteiger partial charge in [-0.25, -0.2) is 0 Å². The molecule has 0 aliphatic heterocycles. The number of aryl methyl sites for hydroxylation is 1. The lowest BCUT2D eigenvalue weighted by molar-refractivity contribution is 0.322. The van der Waals surface area contributed by atoms with Crippen molar-refractivity contribution in [1.82, 2.24) is 0 Å². The molecule has 2 aromatic rings. The van der Waals surface area contributed by atoms with Crippen LogP contribution in [0.25, 0.3) is 0 Å². The van der Waals surface area contributed by atoms with Gasteiger partial charge in [0, 0.05) is 11.3 Å². The molecule has 1 aromatic heterocycles. The Kier molecular flexibility index (Phi) is 4.00. The molecule has 84 valence electrons. The van der Waals surface area contributed by atoms with Gasteiger partial charge in [0.05, 0.1) is 6.61 Å². The normalized spacial score (nSPS) is 10.3. The van der Waals surface area contributed by atoms with Crippen molar-refractivity contribution in [3.8, 4) is 5.75 Å². The van der Waals surface area contributed by atoms with Crippen molar-refractivity contribution in [1.29, 1.82) is 0 Å². The van der Waals surface area contributed by atoms with Crippen molar-refractivity contribution < 1.29 is 4.74 Å². The van der Waals surface area contributed by atoms with Gasteiger partial charge in [-0.3, -0.25) is 0 Å². The third-order valence-corrected chi connectivity index (χ3v) is 3.44. The van der Waals surface area contributed by atoms with Gasteiger partial charge in [0.2, 0.25) is 0 Å². The second-order valence-corrected chi connectivity index (χ2v) is 4.71. The number of benzene rings is 1. The summed E-state index contributed by atoms with van der Waals surface area (Å²) in [5.74, 6) is 0.982. The van der Waals surface area contributed by atoms with Crippen LogP contribution in [0.15, 0.2) is 41.8 Å². The summed E-state index contributed by atoms with van der Waals surface area (Å²) in [7, 11) is 0. The quantitative estimate of drug-likeness (QED) is 0.759. The number of hydrogen-bond acceptors (Lipinski definition) is 2. The number of hydrogen-bond donors (Lipinski definition) is 0. The molecule has 0 radical (unpaired) electrons. The predicted molar refractivity (Wildman–Crippen MR) is 69.3 cm³/mol. The van der Waals surface area contributed by atoms with Crippen LogP contribution in [0.3, 0.4) is 0 Å². The van der Waals surface area contributed by atoms with Crippen molar-refractivity contribution in [2.75, 3.05) is 6.61 Å². The standard InChI is InChI=1S/C14H16OS/c1-2-12-5-3-6-13(11-12)15-9-8-14-7-4-10-16-14/h3-7,10-11H,2,8-9H2,1H3. The minimum absolute atomic E-state index is 0.758. The Morgan fingerprint density at radius 2 is 2.12 bits per heavy atom. The second-order valence-electron chi connectivity index (χ2n) is 3.68. The Morgan fingerprint density at radius 3 is 2.88 bits per heavy atom. The molecule has 0 saturated carbocycles. The topological polar surface area (TPSA) is 9.23 Å². The molecule has 1 nitrogen and oxygen atoms in total. The lowest BCUT2D eigenvalue weighted by atomic mass is 10.2. The molecular formula is C14H16OS. The number of thiophene rings is 1. The van der Waals surface area contributed by atoms with Crippen LogP contribution in [-0.2, 0) is 12.8 Å². The molecule has 2 heteroatoms. The summed E-state index contributed by atoms with van der Waals surface area (Å²) in [6.07, 6.45) is 2.05. The van der Waals surface area contributed by atoms with Crippen molar-refractivity contribution >= 4 is 11.3 Å². The van der Waals surface area contributed by atoms with E-state index in [9.17, 15) is 0 Å². The first kappa shape index (κ1) is 11.2. The molecule has 1 aromatic carbocycles. The van der Waals surface area contributed by atoms with Crippen LogP contribution < -0.4 is 4.74 Å². The SMILES string of the molecule is CCc1cccc(OCCc2cccs2)c1. The van der Waals surface area contributed by atoms with Crippen molar-refractivity contribution in [3.05, 3.63) is 52.2 Å². The van der Waals surface area contributed by atoms with Crippen molar-refractivity contribution in [2.45, 2.75) is 19.8 Å². The van der Waals surface area contributed by atoms with Crippen molar-refractivity contribution in [3.63, 3.8) is 0 Å². The molecule has 0 bridgehead atoms. The number of ether oxygens (including phenoxy) is 1. The minimum Gasteiger partial charge on any atom is -0.493 e. The van der Waals surface area contributed by atoms with Crippen LogP contribution in [0.1, 0.15) is 17.4 Å². The second kappa shape index (κ2) is 5.71. The largest absolute Gasteiger partial charge is 0.493 e. The molecule has 0 N–H and O–H groups in total. The van der Waals surface area contributed by atoms with Gasteiger partial charge >= 0.3 is 0 Å². The fourth-order valence-corrected chi connectivity index (χ4v) is 2.27. The molecule has 0 saturated heterocycles.